The van der Waals surface area contributed by atoms with Crippen molar-refractivity contribution >= 4 is 28.2 Å². The Morgan fingerprint density at radius 3 is 2.57 bits per heavy atom. The maximum Gasteiger partial charge on any atom is 0.341 e. The standard InChI is InChI=1S/C19H21N5O3S/c1-10-6-7-13(8-11(10)2)16-12(3)28-18(17(16)19(26)27-5)20-15(25)9-14-21-22-23-24(14)4/h6-8H,9H2,1-5H3,(H,20,25). The largest absolute Gasteiger partial charge is 0.465 e. The van der Waals surface area contributed by atoms with Crippen molar-refractivity contribution in [2.75, 3.05) is 12.4 Å². The summed E-state index contributed by atoms with van der Waals surface area (Å²) in [5.41, 5.74) is 4.34. The Bertz CT molecular complexity index is 1050. The number of carbonyl (C=O) groups excluding carboxylic acids is 2. The number of tetrazole rings is 1. The first-order valence-corrected chi connectivity index (χ1v) is 9.43. The van der Waals surface area contributed by atoms with E-state index in [1.165, 1.54) is 28.7 Å². The van der Waals surface area contributed by atoms with Gasteiger partial charge < -0.3 is 10.1 Å². The summed E-state index contributed by atoms with van der Waals surface area (Å²) in [6.45, 7) is 5.98. The van der Waals surface area contributed by atoms with Gasteiger partial charge in [-0.15, -0.1) is 16.4 Å². The monoisotopic (exact) mass is 399 g/mol. The molecule has 28 heavy (non-hydrogen) atoms. The van der Waals surface area contributed by atoms with E-state index in [1.807, 2.05) is 39.0 Å². The molecular weight excluding hydrogens is 378 g/mol. The van der Waals surface area contributed by atoms with Crippen molar-refractivity contribution in [2.24, 2.45) is 7.05 Å². The van der Waals surface area contributed by atoms with Gasteiger partial charge in [0.2, 0.25) is 5.91 Å². The molecule has 0 bridgehead atoms. The summed E-state index contributed by atoms with van der Waals surface area (Å²) in [6, 6.07) is 6.02. The molecule has 0 aliphatic carbocycles. The first-order valence-electron chi connectivity index (χ1n) is 8.62. The second-order valence-corrected chi connectivity index (χ2v) is 7.70. The average Bonchev–Trinajstić information content (AvgIpc) is 3.19. The van der Waals surface area contributed by atoms with E-state index < -0.39 is 5.97 Å². The molecule has 2 heterocycles. The number of hydrogen-bond donors (Lipinski definition) is 1. The fourth-order valence-electron chi connectivity index (χ4n) is 2.89. The lowest BCUT2D eigenvalue weighted by atomic mass is 9.97. The van der Waals surface area contributed by atoms with Gasteiger partial charge in [0.05, 0.1) is 13.5 Å². The Kier molecular flexibility index (Phi) is 5.55. The van der Waals surface area contributed by atoms with E-state index in [2.05, 4.69) is 20.8 Å². The van der Waals surface area contributed by atoms with Crippen molar-refractivity contribution in [2.45, 2.75) is 27.2 Å². The SMILES string of the molecule is COC(=O)c1c(NC(=O)Cc2nnnn2C)sc(C)c1-c1ccc(C)c(C)c1. The van der Waals surface area contributed by atoms with Gasteiger partial charge in [-0.25, -0.2) is 9.48 Å². The maximum atomic E-state index is 12.5. The molecule has 3 rings (SSSR count). The highest BCUT2D eigenvalue weighted by atomic mass is 32.1. The summed E-state index contributed by atoms with van der Waals surface area (Å²) in [7, 11) is 2.99. The van der Waals surface area contributed by atoms with Gasteiger partial charge in [0.1, 0.15) is 10.6 Å². The highest BCUT2D eigenvalue weighted by Gasteiger charge is 2.25. The summed E-state index contributed by atoms with van der Waals surface area (Å²) < 4.78 is 6.42. The molecule has 0 saturated heterocycles. The molecule has 0 saturated carbocycles. The highest BCUT2D eigenvalue weighted by Crippen LogP contribution is 2.40. The lowest BCUT2D eigenvalue weighted by Gasteiger charge is -2.09. The topological polar surface area (TPSA) is 99.0 Å². The molecule has 1 N–H and O–H groups in total. The summed E-state index contributed by atoms with van der Waals surface area (Å²) in [5, 5.41) is 14.3. The maximum absolute atomic E-state index is 12.5. The molecule has 1 amide bonds. The van der Waals surface area contributed by atoms with E-state index in [0.717, 1.165) is 21.6 Å². The molecule has 0 fully saturated rings. The molecule has 0 aliphatic heterocycles. The van der Waals surface area contributed by atoms with Gasteiger partial charge in [0.25, 0.3) is 0 Å². The molecule has 9 heteroatoms. The number of anilines is 1. The Hall–Kier alpha value is -3.07. The van der Waals surface area contributed by atoms with Crippen LogP contribution in [-0.4, -0.2) is 39.2 Å². The summed E-state index contributed by atoms with van der Waals surface area (Å²) in [5.74, 6) is -0.371. The van der Waals surface area contributed by atoms with E-state index in [1.54, 1.807) is 7.05 Å². The zero-order valence-electron chi connectivity index (χ0n) is 16.4. The molecule has 2 aromatic heterocycles. The van der Waals surface area contributed by atoms with Crippen LogP contribution in [0.25, 0.3) is 11.1 Å². The van der Waals surface area contributed by atoms with Gasteiger partial charge >= 0.3 is 5.97 Å². The lowest BCUT2D eigenvalue weighted by Crippen LogP contribution is -2.18. The number of thiophene rings is 1. The van der Waals surface area contributed by atoms with E-state index in [-0.39, 0.29) is 12.3 Å². The van der Waals surface area contributed by atoms with Gasteiger partial charge in [-0.3, -0.25) is 4.79 Å². The van der Waals surface area contributed by atoms with Crippen molar-refractivity contribution in [1.29, 1.82) is 0 Å². The summed E-state index contributed by atoms with van der Waals surface area (Å²) >= 11 is 1.34. The van der Waals surface area contributed by atoms with Crippen molar-refractivity contribution in [3.05, 3.63) is 45.6 Å². The van der Waals surface area contributed by atoms with Crippen LogP contribution in [0.15, 0.2) is 18.2 Å². The fourth-order valence-corrected chi connectivity index (χ4v) is 3.97. The van der Waals surface area contributed by atoms with Gasteiger partial charge in [0.15, 0.2) is 5.82 Å². The Labute approximate surface area is 166 Å². The number of aryl methyl sites for hydroxylation is 4. The van der Waals surface area contributed by atoms with Crippen LogP contribution in [0.5, 0.6) is 0 Å². The molecule has 0 radical (unpaired) electrons. The van der Waals surface area contributed by atoms with Crippen LogP contribution in [0.2, 0.25) is 0 Å². The van der Waals surface area contributed by atoms with Crippen LogP contribution in [0.1, 0.15) is 32.2 Å². The fraction of sp³-hybridized carbons (Fsp3) is 0.316. The van der Waals surface area contributed by atoms with Gasteiger partial charge in [-0.05, 0) is 47.9 Å². The number of benzene rings is 1. The number of nitrogens with one attached hydrogen (secondary N) is 1. The van der Waals surface area contributed by atoms with Crippen LogP contribution in [0, 0.1) is 20.8 Å². The Balaban J connectivity index is 1.99. The van der Waals surface area contributed by atoms with E-state index in [9.17, 15) is 9.59 Å². The molecule has 0 spiro atoms. The first-order chi connectivity index (χ1) is 13.3. The molecule has 0 aliphatic rings. The van der Waals surface area contributed by atoms with E-state index in [4.69, 9.17) is 4.74 Å². The second-order valence-electron chi connectivity index (χ2n) is 6.47. The van der Waals surface area contributed by atoms with E-state index in [0.29, 0.717) is 16.4 Å². The predicted molar refractivity (Wildman–Crippen MR) is 106 cm³/mol. The second kappa shape index (κ2) is 7.89. The molecule has 1 aromatic carbocycles. The lowest BCUT2D eigenvalue weighted by molar-refractivity contribution is -0.115. The number of nitrogens with zero attached hydrogens (tertiary/aromatic N) is 4. The Morgan fingerprint density at radius 1 is 1.21 bits per heavy atom. The molecule has 146 valence electrons. The third-order valence-corrected chi connectivity index (χ3v) is 5.57. The van der Waals surface area contributed by atoms with Crippen LogP contribution in [0.3, 0.4) is 0 Å². The third-order valence-electron chi connectivity index (χ3n) is 4.55. The predicted octanol–water partition coefficient (Wildman–Crippen LogP) is 2.83. The zero-order valence-corrected chi connectivity index (χ0v) is 17.2. The highest BCUT2D eigenvalue weighted by molar-refractivity contribution is 7.17. The van der Waals surface area contributed by atoms with Gasteiger partial charge in [-0.2, -0.15) is 0 Å². The number of ether oxygens (including phenoxy) is 1. The molecule has 3 aromatic rings. The van der Waals surface area contributed by atoms with E-state index >= 15 is 0 Å². The third kappa shape index (κ3) is 3.79. The van der Waals surface area contributed by atoms with Crippen LogP contribution < -0.4 is 5.32 Å². The quantitative estimate of drug-likeness (QED) is 0.663. The normalized spacial score (nSPS) is 10.8. The Morgan fingerprint density at radius 2 is 1.96 bits per heavy atom. The average molecular weight is 399 g/mol. The summed E-state index contributed by atoms with van der Waals surface area (Å²) in [6.07, 6.45) is 0.0000331. The van der Waals surface area contributed by atoms with Crippen LogP contribution in [-0.2, 0) is 23.0 Å². The minimum Gasteiger partial charge on any atom is -0.465 e. The van der Waals surface area contributed by atoms with Crippen molar-refractivity contribution < 1.29 is 14.3 Å². The molecular formula is C19H21N5O3S. The first kappa shape index (κ1) is 19.7. The van der Waals surface area contributed by atoms with Crippen LogP contribution in [0.4, 0.5) is 5.00 Å². The van der Waals surface area contributed by atoms with Crippen molar-refractivity contribution in [3.63, 3.8) is 0 Å². The number of carbonyl (C=O) groups is 2. The molecule has 8 nitrogen and oxygen atoms in total. The summed E-state index contributed by atoms with van der Waals surface area (Å²) in [4.78, 5) is 25.9. The number of hydrogen-bond acceptors (Lipinski definition) is 7. The number of aromatic nitrogens is 4. The zero-order chi connectivity index (χ0) is 20.4. The minimum atomic E-state index is -0.492. The number of amides is 1. The number of methoxy groups -OCH3 is 1. The van der Waals surface area contributed by atoms with Gasteiger partial charge in [0, 0.05) is 17.5 Å². The number of esters is 1. The molecule has 0 atom stereocenters. The van der Waals surface area contributed by atoms with Crippen LogP contribution >= 0.6 is 11.3 Å². The van der Waals surface area contributed by atoms with Crippen molar-refractivity contribution in [1.82, 2.24) is 20.2 Å². The van der Waals surface area contributed by atoms with Crippen molar-refractivity contribution in [3.8, 4) is 11.1 Å². The molecule has 0 unspecified atom stereocenters. The number of rotatable bonds is 5. The minimum absolute atomic E-state index is 0.0000331. The van der Waals surface area contributed by atoms with Gasteiger partial charge in [-0.1, -0.05) is 18.2 Å². The smallest absolute Gasteiger partial charge is 0.341 e.